The Morgan fingerprint density at radius 3 is 2.50 bits per heavy atom. The first-order valence-corrected chi connectivity index (χ1v) is 10.6. The number of halogens is 2. The lowest BCUT2D eigenvalue weighted by Gasteiger charge is -2.44. The molecule has 0 saturated carbocycles. The van der Waals surface area contributed by atoms with E-state index in [1.54, 1.807) is 12.1 Å². The molecule has 5 nitrogen and oxygen atoms in total. The van der Waals surface area contributed by atoms with Gasteiger partial charge in [-0.05, 0) is 49.1 Å². The fourth-order valence-corrected chi connectivity index (χ4v) is 3.55. The summed E-state index contributed by atoms with van der Waals surface area (Å²) < 4.78 is 19.1. The summed E-state index contributed by atoms with van der Waals surface area (Å²) in [5.41, 5.74) is 1.26. The van der Waals surface area contributed by atoms with Crippen LogP contribution in [-0.2, 0) is 16.0 Å². The highest BCUT2D eigenvalue weighted by atomic mass is 35.5. The van der Waals surface area contributed by atoms with Gasteiger partial charge in [0, 0.05) is 18.5 Å². The Balaban J connectivity index is 1.38. The van der Waals surface area contributed by atoms with E-state index in [1.165, 1.54) is 34.6 Å². The number of para-hydroxylation sites is 1. The van der Waals surface area contributed by atoms with Crippen LogP contribution in [0.1, 0.15) is 38.2 Å². The van der Waals surface area contributed by atoms with Crippen molar-refractivity contribution in [2.45, 2.75) is 45.1 Å². The number of aryl methyl sites for hydroxylation is 1. The van der Waals surface area contributed by atoms with Crippen molar-refractivity contribution in [3.8, 4) is 5.75 Å². The van der Waals surface area contributed by atoms with Crippen LogP contribution in [0, 0.1) is 5.82 Å². The zero-order valence-electron chi connectivity index (χ0n) is 17.0. The van der Waals surface area contributed by atoms with E-state index in [4.69, 9.17) is 16.3 Å². The van der Waals surface area contributed by atoms with Crippen LogP contribution in [0.15, 0.2) is 48.5 Å². The summed E-state index contributed by atoms with van der Waals surface area (Å²) in [6.07, 6.45) is 4.11. The molecule has 0 aliphatic carbocycles. The summed E-state index contributed by atoms with van der Waals surface area (Å²) in [6.45, 7) is 2.16. The van der Waals surface area contributed by atoms with Gasteiger partial charge in [-0.2, -0.15) is 0 Å². The number of hydrazine groups is 1. The van der Waals surface area contributed by atoms with Gasteiger partial charge in [-0.25, -0.2) is 9.40 Å². The molecule has 0 aromatic heterocycles. The fraction of sp³-hybridized carbons (Fsp3) is 0.391. The van der Waals surface area contributed by atoms with E-state index in [1.807, 2.05) is 24.3 Å². The van der Waals surface area contributed by atoms with Gasteiger partial charge < -0.3 is 4.74 Å². The second-order valence-corrected chi connectivity index (χ2v) is 7.83. The van der Waals surface area contributed by atoms with Gasteiger partial charge in [0.1, 0.15) is 0 Å². The van der Waals surface area contributed by atoms with E-state index >= 15 is 0 Å². The molecule has 1 aliphatic rings. The number of benzene rings is 2. The number of carbonyl (C=O) groups excluding carboxylic acids is 2. The van der Waals surface area contributed by atoms with Gasteiger partial charge in [0.05, 0.1) is 6.54 Å². The molecule has 2 amide bonds. The van der Waals surface area contributed by atoms with Crippen molar-refractivity contribution >= 4 is 23.4 Å². The topological polar surface area (TPSA) is 49.9 Å². The highest BCUT2D eigenvalue weighted by molar-refractivity contribution is 6.30. The number of nitrogens with zero attached hydrogens (tertiary/aromatic N) is 2. The van der Waals surface area contributed by atoms with Gasteiger partial charge >= 0.3 is 0 Å². The first-order valence-electron chi connectivity index (χ1n) is 10.2. The van der Waals surface area contributed by atoms with Crippen molar-refractivity contribution in [1.29, 1.82) is 0 Å². The van der Waals surface area contributed by atoms with E-state index in [0.29, 0.717) is 6.54 Å². The number of unbranched alkanes of at least 4 members (excludes halogenated alkanes) is 3. The molecule has 7 heteroatoms. The Kier molecular flexibility index (Phi) is 7.69. The Bertz CT molecular complexity index is 875. The van der Waals surface area contributed by atoms with E-state index in [9.17, 15) is 14.0 Å². The summed E-state index contributed by atoms with van der Waals surface area (Å²) >= 11 is 5.89. The largest absolute Gasteiger partial charge is 0.475 e. The molecular formula is C23H26ClFN2O3. The third-order valence-corrected chi connectivity index (χ3v) is 5.38. The Morgan fingerprint density at radius 1 is 1.13 bits per heavy atom. The molecule has 0 spiro atoms. The lowest BCUT2D eigenvalue weighted by molar-refractivity contribution is -0.187. The standard InChI is InChI=1S/C23H26ClFN2O3/c1-17(28)26(15-7-3-2-4-8-18-11-13-19(24)14-12-18)27-16-22(23(27)29)30-21-10-6-5-9-20(21)25/h5-6,9-14,22H,2-4,7-8,15-16H2,1H3. The van der Waals surface area contributed by atoms with Crippen LogP contribution in [0.4, 0.5) is 4.39 Å². The maximum absolute atomic E-state index is 13.7. The molecule has 1 fully saturated rings. The van der Waals surface area contributed by atoms with Gasteiger partial charge in [0.2, 0.25) is 5.91 Å². The molecular weight excluding hydrogens is 407 g/mol. The predicted molar refractivity (Wildman–Crippen MR) is 114 cm³/mol. The van der Waals surface area contributed by atoms with Crippen molar-refractivity contribution in [2.24, 2.45) is 0 Å². The van der Waals surface area contributed by atoms with Gasteiger partial charge in [-0.15, -0.1) is 0 Å². The van der Waals surface area contributed by atoms with Crippen molar-refractivity contribution in [1.82, 2.24) is 10.0 Å². The van der Waals surface area contributed by atoms with Crippen LogP contribution in [0.5, 0.6) is 5.75 Å². The molecule has 2 aromatic carbocycles. The van der Waals surface area contributed by atoms with Crippen molar-refractivity contribution in [3.63, 3.8) is 0 Å². The highest BCUT2D eigenvalue weighted by Crippen LogP contribution is 2.23. The molecule has 1 atom stereocenters. The Morgan fingerprint density at radius 2 is 1.83 bits per heavy atom. The second-order valence-electron chi connectivity index (χ2n) is 7.39. The Hall–Kier alpha value is -2.60. The number of β-lactam (4-membered cyclic amide) rings is 1. The third-order valence-electron chi connectivity index (χ3n) is 5.13. The van der Waals surface area contributed by atoms with Crippen LogP contribution in [0.2, 0.25) is 5.02 Å². The maximum atomic E-state index is 13.7. The van der Waals surface area contributed by atoms with Crippen molar-refractivity contribution in [3.05, 3.63) is 64.9 Å². The molecule has 0 bridgehead atoms. The van der Waals surface area contributed by atoms with E-state index in [0.717, 1.165) is 37.1 Å². The lowest BCUT2D eigenvalue weighted by Crippen LogP contribution is -2.66. The van der Waals surface area contributed by atoms with Crippen LogP contribution < -0.4 is 4.74 Å². The van der Waals surface area contributed by atoms with Crippen molar-refractivity contribution in [2.75, 3.05) is 13.1 Å². The van der Waals surface area contributed by atoms with E-state index < -0.39 is 11.9 Å². The normalized spacial score (nSPS) is 15.6. The summed E-state index contributed by atoms with van der Waals surface area (Å²) in [4.78, 5) is 24.4. The SMILES string of the molecule is CC(=O)N(CCCCCCc1ccc(Cl)cc1)N1CC(Oc2ccccc2F)C1=O. The quantitative estimate of drug-likeness (QED) is 0.406. The third kappa shape index (κ3) is 5.72. The average molecular weight is 433 g/mol. The van der Waals surface area contributed by atoms with Crippen molar-refractivity contribution < 1.29 is 18.7 Å². The lowest BCUT2D eigenvalue weighted by atomic mass is 10.1. The van der Waals surface area contributed by atoms with Gasteiger partial charge in [0.25, 0.3) is 5.91 Å². The van der Waals surface area contributed by atoms with Gasteiger partial charge in [0.15, 0.2) is 17.7 Å². The first kappa shape index (κ1) is 22.1. The number of hydrogen-bond acceptors (Lipinski definition) is 3. The molecule has 1 unspecified atom stereocenters. The van der Waals surface area contributed by atoms with Crippen LogP contribution in [-0.4, -0.2) is 41.0 Å². The minimum Gasteiger partial charge on any atom is -0.475 e. The average Bonchev–Trinajstić information content (AvgIpc) is 2.73. The number of amides is 2. The minimum atomic E-state index is -0.761. The van der Waals surface area contributed by atoms with E-state index in [2.05, 4.69) is 0 Å². The molecule has 1 aliphatic heterocycles. The summed E-state index contributed by atoms with van der Waals surface area (Å²) in [7, 11) is 0. The molecule has 0 radical (unpaired) electrons. The van der Waals surface area contributed by atoms with Crippen LogP contribution in [0.25, 0.3) is 0 Å². The number of carbonyl (C=O) groups is 2. The minimum absolute atomic E-state index is 0.0468. The smallest absolute Gasteiger partial charge is 0.284 e. The summed E-state index contributed by atoms with van der Waals surface area (Å²) in [5.74, 6) is -0.971. The molecule has 2 aromatic rings. The van der Waals surface area contributed by atoms with E-state index in [-0.39, 0.29) is 24.1 Å². The molecule has 160 valence electrons. The Labute approximate surface area is 181 Å². The summed E-state index contributed by atoms with van der Waals surface area (Å²) in [5, 5.41) is 3.59. The van der Waals surface area contributed by atoms with Gasteiger partial charge in [-0.3, -0.25) is 14.6 Å². The molecule has 30 heavy (non-hydrogen) atoms. The molecule has 3 rings (SSSR count). The molecule has 1 saturated heterocycles. The predicted octanol–water partition coefficient (Wildman–Crippen LogP) is 4.64. The van der Waals surface area contributed by atoms with Crippen LogP contribution >= 0.6 is 11.6 Å². The number of ether oxygens (including phenoxy) is 1. The number of hydrogen-bond donors (Lipinski definition) is 0. The fourth-order valence-electron chi connectivity index (χ4n) is 3.42. The van der Waals surface area contributed by atoms with Gasteiger partial charge in [-0.1, -0.05) is 48.7 Å². The first-order chi connectivity index (χ1) is 14.5. The number of rotatable bonds is 10. The van der Waals surface area contributed by atoms with Crippen LogP contribution in [0.3, 0.4) is 0 Å². The zero-order chi connectivity index (χ0) is 21.5. The molecule has 1 heterocycles. The maximum Gasteiger partial charge on any atom is 0.284 e. The zero-order valence-corrected chi connectivity index (χ0v) is 17.8. The monoisotopic (exact) mass is 432 g/mol. The highest BCUT2D eigenvalue weighted by Gasteiger charge is 2.43. The summed E-state index contributed by atoms with van der Waals surface area (Å²) in [6, 6.07) is 13.8. The second kappa shape index (κ2) is 10.4. The molecule has 0 N–H and O–H groups in total.